The maximum absolute atomic E-state index is 5.35. The Hall–Kier alpha value is -1.36. The molecule has 0 aliphatic carbocycles. The summed E-state index contributed by atoms with van der Waals surface area (Å²) in [7, 11) is 3.88. The first kappa shape index (κ1) is 12.7. The summed E-state index contributed by atoms with van der Waals surface area (Å²) in [6, 6.07) is 0. The maximum Gasteiger partial charge on any atom is 0.257 e. The van der Waals surface area contributed by atoms with E-state index in [2.05, 4.69) is 26.8 Å². The van der Waals surface area contributed by atoms with E-state index in [9.17, 15) is 0 Å². The van der Waals surface area contributed by atoms with Crippen molar-refractivity contribution < 1.29 is 4.74 Å². The zero-order chi connectivity index (χ0) is 13.3. The van der Waals surface area contributed by atoms with Crippen molar-refractivity contribution in [3.63, 3.8) is 0 Å². The molecular weight excluding hydrogens is 240 g/mol. The molecule has 2 saturated heterocycles. The van der Waals surface area contributed by atoms with Gasteiger partial charge >= 0.3 is 0 Å². The van der Waals surface area contributed by atoms with E-state index in [4.69, 9.17) is 4.74 Å². The van der Waals surface area contributed by atoms with Crippen LogP contribution in [0.25, 0.3) is 0 Å². The molecule has 0 radical (unpaired) electrons. The molecule has 1 aromatic rings. The molecule has 3 rings (SSSR count). The van der Waals surface area contributed by atoms with Gasteiger partial charge in [-0.3, -0.25) is 0 Å². The largest absolute Gasteiger partial charge is 0.478 e. The Morgan fingerprint density at radius 2 is 2.00 bits per heavy atom. The highest BCUT2D eigenvalue weighted by molar-refractivity contribution is 5.48. The molecule has 19 heavy (non-hydrogen) atoms. The van der Waals surface area contributed by atoms with Crippen molar-refractivity contribution >= 4 is 5.82 Å². The highest BCUT2D eigenvalue weighted by Crippen LogP contribution is 2.40. The average Bonchev–Trinajstić information content (AvgIpc) is 2.79. The number of likely N-dealkylation sites (tertiary alicyclic amines) is 1. The molecule has 1 aromatic heterocycles. The fourth-order valence-corrected chi connectivity index (χ4v) is 3.56. The Morgan fingerprint density at radius 3 is 2.74 bits per heavy atom. The van der Waals surface area contributed by atoms with Gasteiger partial charge in [-0.2, -0.15) is 0 Å². The fraction of sp³-hybridized carbons (Fsp3) is 0.714. The van der Waals surface area contributed by atoms with Crippen LogP contribution in [-0.4, -0.2) is 55.2 Å². The van der Waals surface area contributed by atoms with Crippen molar-refractivity contribution in [3.8, 4) is 5.88 Å². The number of methoxy groups -OCH3 is 1. The molecule has 5 nitrogen and oxygen atoms in total. The van der Waals surface area contributed by atoms with Crippen LogP contribution < -0.4 is 9.64 Å². The van der Waals surface area contributed by atoms with Gasteiger partial charge in [0.1, 0.15) is 0 Å². The number of hydrogen-bond donors (Lipinski definition) is 0. The Labute approximate surface area is 114 Å². The van der Waals surface area contributed by atoms with Gasteiger partial charge in [0, 0.05) is 37.4 Å². The normalized spacial score (nSPS) is 28.0. The molecular formula is C14H22N4O. The molecule has 3 heterocycles. The Morgan fingerprint density at radius 1 is 1.16 bits per heavy atom. The van der Waals surface area contributed by atoms with Gasteiger partial charge in [-0.15, -0.1) is 0 Å². The molecule has 0 N–H and O–H groups in total. The van der Waals surface area contributed by atoms with Crippen LogP contribution in [0.4, 0.5) is 5.82 Å². The van der Waals surface area contributed by atoms with Gasteiger partial charge in [-0.1, -0.05) is 0 Å². The van der Waals surface area contributed by atoms with Crippen LogP contribution in [-0.2, 0) is 0 Å². The van der Waals surface area contributed by atoms with Crippen molar-refractivity contribution in [2.75, 3.05) is 45.2 Å². The lowest BCUT2D eigenvalue weighted by Crippen LogP contribution is -2.45. The highest BCUT2D eigenvalue weighted by atomic mass is 16.5. The van der Waals surface area contributed by atoms with E-state index >= 15 is 0 Å². The molecule has 0 saturated carbocycles. The molecule has 1 unspecified atom stereocenters. The van der Waals surface area contributed by atoms with Gasteiger partial charge in [0.2, 0.25) is 0 Å². The maximum atomic E-state index is 5.35. The topological polar surface area (TPSA) is 41.5 Å². The van der Waals surface area contributed by atoms with E-state index in [1.165, 1.54) is 32.4 Å². The number of nitrogens with zero attached hydrogens (tertiary/aromatic N) is 4. The summed E-state index contributed by atoms with van der Waals surface area (Å²) < 4.78 is 5.35. The number of anilines is 1. The average molecular weight is 262 g/mol. The third kappa shape index (κ3) is 2.39. The number of hydrogen-bond acceptors (Lipinski definition) is 5. The molecule has 1 spiro atoms. The minimum atomic E-state index is 0.440. The molecule has 0 amide bonds. The van der Waals surface area contributed by atoms with Gasteiger partial charge < -0.3 is 14.5 Å². The Kier molecular flexibility index (Phi) is 3.31. The highest BCUT2D eigenvalue weighted by Gasteiger charge is 2.41. The van der Waals surface area contributed by atoms with Crippen LogP contribution in [0.5, 0.6) is 5.88 Å². The summed E-state index contributed by atoms with van der Waals surface area (Å²) in [5, 5.41) is 0. The van der Waals surface area contributed by atoms with Crippen LogP contribution in [0, 0.1) is 5.41 Å². The van der Waals surface area contributed by atoms with E-state index in [1.807, 2.05) is 0 Å². The Balaban J connectivity index is 1.82. The van der Waals surface area contributed by atoms with Crippen LogP contribution in [0.15, 0.2) is 12.4 Å². The monoisotopic (exact) mass is 262 g/mol. The third-order valence-corrected chi connectivity index (χ3v) is 4.43. The van der Waals surface area contributed by atoms with Crippen LogP contribution in [0.2, 0.25) is 0 Å². The molecule has 5 heteroatoms. The second-order valence-electron chi connectivity index (χ2n) is 5.90. The van der Waals surface area contributed by atoms with Crippen molar-refractivity contribution in [1.29, 1.82) is 0 Å². The van der Waals surface area contributed by atoms with Gasteiger partial charge in [-0.05, 0) is 32.9 Å². The van der Waals surface area contributed by atoms with Gasteiger partial charge in [-0.25, -0.2) is 9.97 Å². The van der Waals surface area contributed by atoms with E-state index in [0.717, 1.165) is 18.9 Å². The quantitative estimate of drug-likeness (QED) is 0.806. The van der Waals surface area contributed by atoms with Gasteiger partial charge in [0.25, 0.3) is 5.88 Å². The third-order valence-electron chi connectivity index (χ3n) is 4.43. The van der Waals surface area contributed by atoms with Crippen LogP contribution in [0.3, 0.4) is 0 Å². The number of rotatable bonds is 2. The molecule has 2 aliphatic heterocycles. The summed E-state index contributed by atoms with van der Waals surface area (Å²) in [5.74, 6) is 1.55. The molecule has 1 atom stereocenters. The molecule has 0 bridgehead atoms. The molecule has 2 aliphatic rings. The summed E-state index contributed by atoms with van der Waals surface area (Å²) in [6.07, 6.45) is 7.29. The summed E-state index contributed by atoms with van der Waals surface area (Å²) in [6.45, 7) is 4.55. The van der Waals surface area contributed by atoms with Crippen molar-refractivity contribution in [2.45, 2.75) is 19.3 Å². The smallest absolute Gasteiger partial charge is 0.257 e. The SMILES string of the molecule is COc1nccnc1N1CCCC2(CCN(C)C2)C1. The van der Waals surface area contributed by atoms with E-state index < -0.39 is 0 Å². The van der Waals surface area contributed by atoms with Crippen molar-refractivity contribution in [2.24, 2.45) is 5.41 Å². The predicted molar refractivity (Wildman–Crippen MR) is 74.6 cm³/mol. The molecule has 0 aromatic carbocycles. The van der Waals surface area contributed by atoms with E-state index in [1.54, 1.807) is 19.5 Å². The van der Waals surface area contributed by atoms with E-state index in [-0.39, 0.29) is 0 Å². The minimum Gasteiger partial charge on any atom is -0.478 e. The summed E-state index contributed by atoms with van der Waals surface area (Å²) in [4.78, 5) is 13.5. The van der Waals surface area contributed by atoms with Gasteiger partial charge in [0.15, 0.2) is 5.82 Å². The summed E-state index contributed by atoms with van der Waals surface area (Å²) in [5.41, 5.74) is 0.440. The lowest BCUT2D eigenvalue weighted by molar-refractivity contribution is 0.232. The number of ether oxygens (including phenoxy) is 1. The fourth-order valence-electron chi connectivity index (χ4n) is 3.56. The minimum absolute atomic E-state index is 0.440. The zero-order valence-electron chi connectivity index (χ0n) is 11.8. The zero-order valence-corrected chi connectivity index (χ0v) is 11.8. The Bertz CT molecular complexity index is 449. The van der Waals surface area contributed by atoms with Crippen molar-refractivity contribution in [3.05, 3.63) is 12.4 Å². The second-order valence-corrected chi connectivity index (χ2v) is 5.90. The van der Waals surface area contributed by atoms with Crippen LogP contribution >= 0.6 is 0 Å². The summed E-state index contributed by atoms with van der Waals surface area (Å²) >= 11 is 0. The van der Waals surface area contributed by atoms with Crippen LogP contribution in [0.1, 0.15) is 19.3 Å². The first-order valence-electron chi connectivity index (χ1n) is 7.01. The molecule has 104 valence electrons. The first-order valence-corrected chi connectivity index (χ1v) is 7.01. The van der Waals surface area contributed by atoms with Gasteiger partial charge in [0.05, 0.1) is 7.11 Å². The lowest BCUT2D eigenvalue weighted by Gasteiger charge is -2.41. The predicted octanol–water partition coefficient (Wildman–Crippen LogP) is 1.41. The first-order chi connectivity index (χ1) is 9.22. The second kappa shape index (κ2) is 4.96. The van der Waals surface area contributed by atoms with E-state index in [0.29, 0.717) is 11.3 Å². The lowest BCUT2D eigenvalue weighted by atomic mass is 9.79. The number of aromatic nitrogens is 2. The number of piperidine rings is 1. The van der Waals surface area contributed by atoms with Crippen molar-refractivity contribution in [1.82, 2.24) is 14.9 Å². The molecule has 2 fully saturated rings. The standard InChI is InChI=1S/C14H22N4O/c1-17-9-5-14(10-17)4-3-8-18(11-14)12-13(19-2)16-7-6-15-12/h6-7H,3-5,8-11H2,1-2H3.